The van der Waals surface area contributed by atoms with E-state index in [0.717, 1.165) is 5.57 Å². The highest BCUT2D eigenvalue weighted by Gasteiger charge is 2.78. The second-order valence-electron chi connectivity index (χ2n) is 41.1. The summed E-state index contributed by atoms with van der Waals surface area (Å²) in [6.07, 6.45) is -85.3. The van der Waals surface area contributed by atoms with Crippen LogP contribution in [0.25, 0.3) is 0 Å². The van der Waals surface area contributed by atoms with Crippen LogP contribution in [0, 0.1) is 44.3 Å². The minimum atomic E-state index is -2.38. The van der Waals surface area contributed by atoms with Crippen molar-refractivity contribution in [2.24, 2.45) is 44.3 Å². The monoisotopic (exact) mass is 1960 g/mol. The predicted molar refractivity (Wildman–Crippen MR) is 440 cm³/mol. The molecule has 3 saturated carbocycles. The van der Waals surface area contributed by atoms with E-state index in [0.29, 0.717) is 38.5 Å². The predicted octanol–water partition coefficient (Wildman–Crippen LogP) is -13.3. The molecule has 49 heteroatoms. The van der Waals surface area contributed by atoms with E-state index in [2.05, 4.69) is 40.7 Å². The van der Waals surface area contributed by atoms with Gasteiger partial charge in [0.1, 0.15) is 220 Å². The Labute approximate surface area is 777 Å². The zero-order chi connectivity index (χ0) is 99.4. The standard InChI is InChI=1S/C86H146O49/c1-29(30-13-17-84(8)83(30,7)19-41(96)86(10)82(6)16-15-42(80(2,3)40(82)14-18-85(84,86)9)127-71-59(112)52(105)64(35(24-91)122-71)129-72-56(109)48(101)44(97)31(20-87)118-72)11-12-43(81(4,5)117)128-78-70(135-77-62(115)54(107)66(37(26-93)125-77)131-75-60(113)53(106)65(36(25-92)123-75)130-73-57(110)49(102)45(98)32(21-88)119-73)63(116)68(39(28-95)126-78)132-76-61(114)55(108)67(38(27-94)124-76)133-79-69(51(104)47(100)34(23-90)121-79)134-74-58(111)50(103)46(99)33(22-89)120-74/h14,29-39,41-79,87-117H,11-13,15-28H2,1-10H3/t29-,30?,31-,32-,33-,34-,35-,36-,37-,38-,39-,41?,42+,43-,44-,45-,46-,47-,48+,49+,50+,51+,52-,53-,54-,55-,56-,57-,58-,59-,60-,61-,62-,63+,64-,65-,66-,67-,68-,69-,70-,71?,72?,73?,74?,75?,76?,77?,78?,79?,82-,83-,84-,85+,86+/m1/s1. The zero-order valence-corrected chi connectivity index (χ0v) is 76.7. The first-order valence-electron chi connectivity index (χ1n) is 46.4. The Morgan fingerprint density at radius 2 is 0.615 bits per heavy atom. The van der Waals surface area contributed by atoms with Crippen LogP contribution in [0.4, 0.5) is 0 Å². The fourth-order valence-electron chi connectivity index (χ4n) is 24.2. The molecule has 0 radical (unpaired) electrons. The molecule has 0 aromatic carbocycles. The smallest absolute Gasteiger partial charge is 0.187 e. The molecule has 31 N–H and O–H groups in total. The summed E-state index contributed by atoms with van der Waals surface area (Å²) in [5.41, 5.74) is -5.01. The molecule has 9 heterocycles. The first kappa shape index (κ1) is 110. The van der Waals surface area contributed by atoms with Crippen LogP contribution >= 0.6 is 0 Å². The van der Waals surface area contributed by atoms with Crippen molar-refractivity contribution in [3.63, 3.8) is 0 Å². The average molecular weight is 1960 g/mol. The van der Waals surface area contributed by atoms with Gasteiger partial charge in [0.05, 0.1) is 83.4 Å². The minimum Gasteiger partial charge on any atom is -0.394 e. The second kappa shape index (κ2) is 43.1. The summed E-state index contributed by atoms with van der Waals surface area (Å²) in [4.78, 5) is 0. The Bertz CT molecular complexity index is 3800. The van der Waals surface area contributed by atoms with Crippen LogP contribution in [0.1, 0.15) is 121 Å². The van der Waals surface area contributed by atoms with E-state index in [1.807, 2.05) is 20.8 Å². The van der Waals surface area contributed by atoms with Crippen LogP contribution < -0.4 is 0 Å². The fraction of sp³-hybridized carbons (Fsp3) is 0.977. The van der Waals surface area contributed by atoms with E-state index in [9.17, 15) is 158 Å². The van der Waals surface area contributed by atoms with Crippen LogP contribution in [0.15, 0.2) is 11.6 Å². The maximum Gasteiger partial charge on any atom is 0.187 e. The van der Waals surface area contributed by atoms with Crippen molar-refractivity contribution in [1.29, 1.82) is 0 Å². The van der Waals surface area contributed by atoms with Gasteiger partial charge in [0, 0.05) is 10.8 Å². The third-order valence-electron chi connectivity index (χ3n) is 33.0. The molecule has 0 aromatic heterocycles. The molecule has 0 amide bonds. The number of fused-ring (bicyclic) bond motifs is 5. The van der Waals surface area contributed by atoms with Crippen LogP contribution in [-0.4, -0.2) is 518 Å². The Morgan fingerprint density at radius 1 is 0.326 bits per heavy atom. The van der Waals surface area contributed by atoms with Gasteiger partial charge in [-0.3, -0.25) is 0 Å². The largest absolute Gasteiger partial charge is 0.394 e. The third kappa shape index (κ3) is 19.7. The summed E-state index contributed by atoms with van der Waals surface area (Å²) in [5, 5.41) is 345. The van der Waals surface area contributed by atoms with Crippen molar-refractivity contribution < 1.29 is 244 Å². The molecule has 9 aliphatic heterocycles. The molecular formula is C86H146O49. The number of allylic oxidation sites excluding steroid dienone is 1. The van der Waals surface area contributed by atoms with Crippen molar-refractivity contribution in [1.82, 2.24) is 0 Å². The molecule has 0 bridgehead atoms. The molecule has 12 fully saturated rings. The topological polar surface area (TPSA) is 793 Å². The van der Waals surface area contributed by atoms with Crippen LogP contribution in [0.5, 0.6) is 0 Å². The Kier molecular flexibility index (Phi) is 35.1. The molecular weight excluding hydrogens is 1820 g/mol. The van der Waals surface area contributed by atoms with Gasteiger partial charge >= 0.3 is 0 Å². The van der Waals surface area contributed by atoms with E-state index in [-0.39, 0.29) is 24.7 Å². The summed E-state index contributed by atoms with van der Waals surface area (Å²) in [6, 6.07) is 0. The van der Waals surface area contributed by atoms with Gasteiger partial charge in [0.25, 0.3) is 0 Å². The van der Waals surface area contributed by atoms with Gasteiger partial charge in [-0.05, 0) is 98.7 Å². The number of ether oxygens (including phenoxy) is 18. The average Bonchev–Trinajstić information content (AvgIpc) is 1.63. The molecule has 11 unspecified atom stereocenters. The van der Waals surface area contributed by atoms with Gasteiger partial charge in [-0.2, -0.15) is 0 Å². The van der Waals surface area contributed by atoms with Gasteiger partial charge in [0.15, 0.2) is 56.6 Å². The van der Waals surface area contributed by atoms with E-state index < -0.39 is 392 Å². The van der Waals surface area contributed by atoms with Crippen molar-refractivity contribution >= 4 is 0 Å². The number of hydrogen-bond donors (Lipinski definition) is 31. The number of hydrogen-bond acceptors (Lipinski definition) is 49. The summed E-state index contributed by atoms with van der Waals surface area (Å²) in [5.74, 6) is -0.368. The van der Waals surface area contributed by atoms with Crippen LogP contribution in [0.3, 0.4) is 0 Å². The Hall–Kier alpha value is -2.22. The summed E-state index contributed by atoms with van der Waals surface area (Å²) >= 11 is 0. The molecule has 0 spiro atoms. The zero-order valence-electron chi connectivity index (χ0n) is 76.7. The fourth-order valence-corrected chi connectivity index (χ4v) is 24.2. The van der Waals surface area contributed by atoms with E-state index in [1.165, 1.54) is 13.8 Å². The van der Waals surface area contributed by atoms with E-state index >= 15 is 0 Å². The molecule has 784 valence electrons. The van der Waals surface area contributed by atoms with Gasteiger partial charge < -0.3 is 244 Å². The molecule has 13 rings (SSSR count). The molecule has 135 heavy (non-hydrogen) atoms. The lowest BCUT2D eigenvalue weighted by atomic mass is 9.29. The Balaban J connectivity index is 0.733. The normalized spacial score (nSPS) is 53.1. The molecule has 0 aromatic rings. The number of rotatable bonds is 32. The first-order valence-corrected chi connectivity index (χ1v) is 46.4. The van der Waals surface area contributed by atoms with Crippen molar-refractivity contribution in [2.45, 2.75) is 421 Å². The van der Waals surface area contributed by atoms with Gasteiger partial charge in [-0.15, -0.1) is 0 Å². The lowest BCUT2D eigenvalue weighted by molar-refractivity contribution is -0.408. The van der Waals surface area contributed by atoms with E-state index in [4.69, 9.17) is 85.3 Å². The molecule has 55 atom stereocenters. The Morgan fingerprint density at radius 3 is 0.970 bits per heavy atom. The highest BCUT2D eigenvalue weighted by Crippen LogP contribution is 2.82. The van der Waals surface area contributed by atoms with Gasteiger partial charge in [0.2, 0.25) is 0 Å². The highest BCUT2D eigenvalue weighted by molar-refractivity contribution is 5.39. The lowest BCUT2D eigenvalue weighted by Gasteiger charge is -2.75. The van der Waals surface area contributed by atoms with Crippen LogP contribution in [0.2, 0.25) is 0 Å². The van der Waals surface area contributed by atoms with Crippen molar-refractivity contribution in [2.75, 3.05) is 59.5 Å². The minimum absolute atomic E-state index is 0.0215. The maximum atomic E-state index is 13.4. The first-order chi connectivity index (χ1) is 63.4. The van der Waals surface area contributed by atoms with E-state index in [1.54, 1.807) is 0 Å². The summed E-state index contributed by atoms with van der Waals surface area (Å²) in [7, 11) is 0. The van der Waals surface area contributed by atoms with Gasteiger partial charge in [-0.1, -0.05) is 67.0 Å². The second-order valence-corrected chi connectivity index (χ2v) is 41.1. The molecule has 4 aliphatic carbocycles. The van der Waals surface area contributed by atoms with Crippen LogP contribution in [-0.2, 0) is 85.3 Å². The summed E-state index contributed by atoms with van der Waals surface area (Å²) < 4.78 is 108. The third-order valence-corrected chi connectivity index (χ3v) is 33.0. The van der Waals surface area contributed by atoms with Crippen molar-refractivity contribution in [3.8, 4) is 0 Å². The summed E-state index contributed by atoms with van der Waals surface area (Å²) in [6.45, 7) is 11.0. The lowest BCUT2D eigenvalue weighted by Crippen LogP contribution is -2.72. The van der Waals surface area contributed by atoms with Gasteiger partial charge in [-0.25, -0.2) is 0 Å². The number of aliphatic hydroxyl groups is 31. The number of aliphatic hydroxyl groups excluding tert-OH is 30. The quantitative estimate of drug-likeness (QED) is 0.0278. The molecule has 13 aliphatic rings. The maximum absolute atomic E-state index is 13.4. The highest BCUT2D eigenvalue weighted by atomic mass is 16.8. The SMILES string of the molecule is C[C@H](CC[C@@H](OC1O[C@H](CO)[C@@H](OC2O[C@H](CO)[C@@H](OC3O[C@H](CO)[C@@H](O)[C@H](O)[C@H]3OC3O[C@H](CO)[C@@H](O)[C@H](O)[C@H]3O)[C@H](O)[C@H]2O)[C@H](O)[C@H]1OC1O[C@H](CO)[C@@H](OC2O[C@H](CO)[C@@H](OC3O[C@H](CO)[C@@H](O)[C@H](O)[C@H]3O)[C@H](O)[C@H]2O)[C@H](O)[C@H]1O)C(C)(C)O)C1CC[C@@]2(C)[C@]3(C)CC=C4C(C)(C)[C@@H](OC5O[C@H](CO)[C@@H](OC6O[C@H](CO)[C@@H](O)[C@H](O)[C@H]6O)[C@H](O)[C@H]5O)CC[C@@]4(C)[C@]3(C)C(O)C[C@]12C. The molecule has 9 saturated heterocycles. The van der Waals surface area contributed by atoms with Crippen molar-refractivity contribution in [3.05, 3.63) is 11.6 Å². The molecule has 49 nitrogen and oxygen atoms in total.